The van der Waals surface area contributed by atoms with Crippen molar-refractivity contribution in [1.29, 1.82) is 0 Å². The molecule has 0 N–H and O–H groups in total. The molecule has 0 radical (unpaired) electrons. The molecule has 82 valence electrons. The van der Waals surface area contributed by atoms with E-state index in [2.05, 4.69) is 45.1 Å². The lowest BCUT2D eigenvalue weighted by Gasteiger charge is -2.24. The van der Waals surface area contributed by atoms with E-state index in [-0.39, 0.29) is 0 Å². The van der Waals surface area contributed by atoms with Crippen molar-refractivity contribution in [3.05, 3.63) is 29.8 Å². The fourth-order valence-corrected chi connectivity index (χ4v) is 2.39. The lowest BCUT2D eigenvalue weighted by atomic mass is 10.2. The van der Waals surface area contributed by atoms with Crippen molar-refractivity contribution in [1.82, 2.24) is 0 Å². The van der Waals surface area contributed by atoms with E-state index in [1.165, 1.54) is 11.3 Å². The highest BCUT2D eigenvalue weighted by atomic mass is 79.9. The smallest absolute Gasteiger partial charge is 0.0641 e. The zero-order valence-electron chi connectivity index (χ0n) is 8.79. The Balaban J connectivity index is 2.18. The Hall–Kier alpha value is -0.540. The first-order chi connectivity index (χ1) is 7.42. The highest BCUT2D eigenvalue weighted by Crippen LogP contribution is 2.23. The number of para-hydroxylation sites is 1. The second-order valence-electron chi connectivity index (χ2n) is 3.72. The number of anilines is 1. The molecule has 1 aromatic carbocycles. The van der Waals surface area contributed by atoms with E-state index < -0.39 is 0 Å². The fourth-order valence-electron chi connectivity index (χ4n) is 1.92. The molecule has 1 saturated heterocycles. The number of benzene rings is 1. The van der Waals surface area contributed by atoms with Gasteiger partial charge in [0.15, 0.2) is 0 Å². The molecule has 0 unspecified atom stereocenters. The summed E-state index contributed by atoms with van der Waals surface area (Å²) in [5.41, 5.74) is 2.71. The molecule has 1 heterocycles. The van der Waals surface area contributed by atoms with Crippen LogP contribution in [0.1, 0.15) is 12.0 Å². The van der Waals surface area contributed by atoms with Crippen molar-refractivity contribution in [2.24, 2.45) is 0 Å². The van der Waals surface area contributed by atoms with Crippen LogP contribution in [0.2, 0.25) is 0 Å². The Labute approximate surface area is 99.4 Å². The first-order valence-electron chi connectivity index (χ1n) is 5.38. The van der Waals surface area contributed by atoms with Gasteiger partial charge in [0.05, 0.1) is 6.61 Å². The van der Waals surface area contributed by atoms with E-state index in [9.17, 15) is 0 Å². The standard InChI is InChI=1S/C12H16BrNO/c13-10-11-4-1-2-5-12(11)14-6-3-8-15-9-7-14/h1-2,4-5H,3,6-10H2. The van der Waals surface area contributed by atoms with Crippen LogP contribution in [0.4, 0.5) is 5.69 Å². The van der Waals surface area contributed by atoms with Crippen molar-refractivity contribution in [2.45, 2.75) is 11.8 Å². The van der Waals surface area contributed by atoms with Crippen LogP contribution >= 0.6 is 15.9 Å². The summed E-state index contributed by atoms with van der Waals surface area (Å²) in [4.78, 5) is 2.42. The summed E-state index contributed by atoms with van der Waals surface area (Å²) in [5, 5.41) is 0.917. The summed E-state index contributed by atoms with van der Waals surface area (Å²) in [7, 11) is 0. The first-order valence-corrected chi connectivity index (χ1v) is 6.50. The van der Waals surface area contributed by atoms with E-state index in [0.717, 1.165) is 38.1 Å². The van der Waals surface area contributed by atoms with Gasteiger partial charge in [0.25, 0.3) is 0 Å². The molecule has 2 nitrogen and oxygen atoms in total. The Bertz CT molecular complexity index is 308. The molecule has 2 rings (SSSR count). The highest BCUT2D eigenvalue weighted by Gasteiger charge is 2.12. The van der Waals surface area contributed by atoms with Gasteiger partial charge in [-0.25, -0.2) is 0 Å². The number of hydrogen-bond donors (Lipinski definition) is 0. The average molecular weight is 270 g/mol. The van der Waals surface area contributed by atoms with Crippen molar-refractivity contribution in [3.63, 3.8) is 0 Å². The molecule has 15 heavy (non-hydrogen) atoms. The molecule has 1 aromatic rings. The van der Waals surface area contributed by atoms with Crippen LogP contribution in [0, 0.1) is 0 Å². The van der Waals surface area contributed by atoms with E-state index >= 15 is 0 Å². The molecule has 0 aromatic heterocycles. The van der Waals surface area contributed by atoms with E-state index in [1.54, 1.807) is 0 Å². The van der Waals surface area contributed by atoms with Crippen molar-refractivity contribution in [3.8, 4) is 0 Å². The normalized spacial score (nSPS) is 17.5. The molecule has 1 aliphatic rings. The van der Waals surface area contributed by atoms with Gasteiger partial charge in [-0.2, -0.15) is 0 Å². The van der Waals surface area contributed by atoms with Gasteiger partial charge in [-0.15, -0.1) is 0 Å². The quantitative estimate of drug-likeness (QED) is 0.766. The number of hydrogen-bond acceptors (Lipinski definition) is 2. The molecule has 0 amide bonds. The molecule has 0 bridgehead atoms. The Kier molecular flexibility index (Phi) is 4.03. The predicted molar refractivity (Wildman–Crippen MR) is 66.7 cm³/mol. The van der Waals surface area contributed by atoms with E-state index in [4.69, 9.17) is 4.74 Å². The van der Waals surface area contributed by atoms with Gasteiger partial charge in [0.1, 0.15) is 0 Å². The van der Waals surface area contributed by atoms with Crippen molar-refractivity contribution < 1.29 is 4.74 Å². The summed E-state index contributed by atoms with van der Waals surface area (Å²) in [6, 6.07) is 8.57. The van der Waals surface area contributed by atoms with Crippen molar-refractivity contribution in [2.75, 3.05) is 31.2 Å². The highest BCUT2D eigenvalue weighted by molar-refractivity contribution is 9.08. The van der Waals surface area contributed by atoms with Crippen LogP contribution in [0.5, 0.6) is 0 Å². The Morgan fingerprint density at radius 2 is 2.07 bits per heavy atom. The molecule has 1 fully saturated rings. The molecule has 0 aliphatic carbocycles. The second kappa shape index (κ2) is 5.52. The number of rotatable bonds is 2. The first kappa shape index (κ1) is 11.0. The minimum atomic E-state index is 0.844. The molecular weight excluding hydrogens is 254 g/mol. The monoisotopic (exact) mass is 269 g/mol. The van der Waals surface area contributed by atoms with Crippen LogP contribution in [0.15, 0.2) is 24.3 Å². The van der Waals surface area contributed by atoms with Gasteiger partial charge in [0.2, 0.25) is 0 Å². The predicted octanol–water partition coefficient (Wildman–Crippen LogP) is 2.81. The molecule has 3 heteroatoms. The number of halogens is 1. The Morgan fingerprint density at radius 1 is 1.20 bits per heavy atom. The summed E-state index contributed by atoms with van der Waals surface area (Å²) in [6.07, 6.45) is 1.12. The van der Waals surface area contributed by atoms with Crippen LogP contribution < -0.4 is 4.90 Å². The lowest BCUT2D eigenvalue weighted by Crippen LogP contribution is -2.26. The van der Waals surface area contributed by atoms with Gasteiger partial charge >= 0.3 is 0 Å². The zero-order chi connectivity index (χ0) is 10.5. The number of ether oxygens (including phenoxy) is 1. The molecule has 0 atom stereocenters. The SMILES string of the molecule is BrCc1ccccc1N1CCCOCC1. The molecule has 0 spiro atoms. The molecular formula is C12H16BrNO. The number of nitrogens with zero attached hydrogens (tertiary/aromatic N) is 1. The zero-order valence-corrected chi connectivity index (χ0v) is 10.4. The average Bonchev–Trinajstić information content (AvgIpc) is 2.57. The maximum absolute atomic E-state index is 5.47. The van der Waals surface area contributed by atoms with Gasteiger partial charge in [-0.1, -0.05) is 34.1 Å². The molecule has 1 aliphatic heterocycles. The van der Waals surface area contributed by atoms with Crippen LogP contribution in [-0.4, -0.2) is 26.3 Å². The summed E-state index contributed by atoms with van der Waals surface area (Å²) < 4.78 is 5.47. The lowest BCUT2D eigenvalue weighted by molar-refractivity contribution is 0.152. The largest absolute Gasteiger partial charge is 0.380 e. The topological polar surface area (TPSA) is 12.5 Å². The van der Waals surface area contributed by atoms with Gasteiger partial charge < -0.3 is 9.64 Å². The fraction of sp³-hybridized carbons (Fsp3) is 0.500. The maximum atomic E-state index is 5.47. The summed E-state index contributed by atoms with van der Waals surface area (Å²) in [5.74, 6) is 0. The Morgan fingerprint density at radius 3 is 2.93 bits per heavy atom. The third kappa shape index (κ3) is 2.73. The van der Waals surface area contributed by atoms with Crippen LogP contribution in [0.3, 0.4) is 0 Å². The third-order valence-electron chi connectivity index (χ3n) is 2.70. The summed E-state index contributed by atoms with van der Waals surface area (Å²) >= 11 is 3.54. The van der Waals surface area contributed by atoms with Crippen LogP contribution in [-0.2, 0) is 10.1 Å². The molecule has 0 saturated carbocycles. The van der Waals surface area contributed by atoms with Gasteiger partial charge in [-0.3, -0.25) is 0 Å². The third-order valence-corrected chi connectivity index (χ3v) is 3.30. The minimum absolute atomic E-state index is 0.844. The van der Waals surface area contributed by atoms with Crippen molar-refractivity contribution >= 4 is 21.6 Å². The van der Waals surface area contributed by atoms with Gasteiger partial charge in [-0.05, 0) is 18.1 Å². The van der Waals surface area contributed by atoms with E-state index in [0.29, 0.717) is 0 Å². The van der Waals surface area contributed by atoms with E-state index in [1.807, 2.05) is 0 Å². The maximum Gasteiger partial charge on any atom is 0.0641 e. The second-order valence-corrected chi connectivity index (χ2v) is 4.28. The minimum Gasteiger partial charge on any atom is -0.380 e. The summed E-state index contributed by atoms with van der Waals surface area (Å²) in [6.45, 7) is 3.84. The van der Waals surface area contributed by atoms with Gasteiger partial charge in [0, 0.05) is 30.7 Å². The number of alkyl halides is 1. The van der Waals surface area contributed by atoms with Crippen LogP contribution in [0.25, 0.3) is 0 Å².